The summed E-state index contributed by atoms with van der Waals surface area (Å²) in [5.41, 5.74) is 10.7. The Labute approximate surface area is 145 Å². The summed E-state index contributed by atoms with van der Waals surface area (Å²) in [5.74, 6) is -0.963. The van der Waals surface area contributed by atoms with E-state index in [1.54, 1.807) is 0 Å². The molecule has 1 amide bonds. The van der Waals surface area contributed by atoms with Crippen LogP contribution in [0.2, 0.25) is 0 Å². The van der Waals surface area contributed by atoms with Crippen LogP contribution in [-0.2, 0) is 11.2 Å². The number of carboxylic acid groups (broad SMARTS) is 1. The molecule has 4 rings (SSSR count). The molecule has 0 aliphatic carbocycles. The molecule has 2 aromatic rings. The van der Waals surface area contributed by atoms with Gasteiger partial charge in [-0.3, -0.25) is 15.0 Å². The standard InChI is InChI=1S/C19H19N3O3/c23-18-15-6-5-13(9-14(15)7-8-20-18)11-1-3-12(4-2-11)16-10-21-22-17(16)19(24)25/h1-6,9,16-17,21-22H,7-8,10H2,(H,20,23)(H,24,25). The molecule has 2 heterocycles. The molecule has 1 fully saturated rings. The minimum absolute atomic E-state index is 0.0101. The van der Waals surface area contributed by atoms with Crippen molar-refractivity contribution in [3.8, 4) is 11.1 Å². The number of rotatable bonds is 3. The van der Waals surface area contributed by atoms with Crippen LogP contribution in [0.5, 0.6) is 0 Å². The van der Waals surface area contributed by atoms with E-state index in [9.17, 15) is 14.7 Å². The lowest BCUT2D eigenvalue weighted by Crippen LogP contribution is -2.37. The fourth-order valence-corrected chi connectivity index (χ4v) is 3.57. The van der Waals surface area contributed by atoms with E-state index in [2.05, 4.69) is 22.2 Å². The number of amides is 1. The van der Waals surface area contributed by atoms with Gasteiger partial charge in [0.15, 0.2) is 0 Å². The third-order valence-corrected chi connectivity index (χ3v) is 4.95. The maximum Gasteiger partial charge on any atom is 0.322 e. The molecular weight excluding hydrogens is 318 g/mol. The van der Waals surface area contributed by atoms with Crippen LogP contribution in [0.3, 0.4) is 0 Å². The van der Waals surface area contributed by atoms with Gasteiger partial charge >= 0.3 is 5.97 Å². The van der Waals surface area contributed by atoms with Gasteiger partial charge in [-0.1, -0.05) is 36.4 Å². The van der Waals surface area contributed by atoms with E-state index in [4.69, 9.17) is 0 Å². The van der Waals surface area contributed by atoms with Gasteiger partial charge in [-0.05, 0) is 34.7 Å². The summed E-state index contributed by atoms with van der Waals surface area (Å²) >= 11 is 0. The van der Waals surface area contributed by atoms with Gasteiger partial charge in [0.05, 0.1) is 0 Å². The van der Waals surface area contributed by atoms with Gasteiger partial charge in [-0.15, -0.1) is 0 Å². The second-order valence-corrected chi connectivity index (χ2v) is 6.45. The van der Waals surface area contributed by atoms with E-state index >= 15 is 0 Å². The van der Waals surface area contributed by atoms with E-state index in [0.29, 0.717) is 13.1 Å². The highest BCUT2D eigenvalue weighted by Gasteiger charge is 2.33. The SMILES string of the molecule is O=C1NCCc2cc(-c3ccc(C4CNNC4C(=O)O)cc3)ccc21. The molecule has 2 atom stereocenters. The molecule has 1 saturated heterocycles. The molecule has 2 aliphatic rings. The lowest BCUT2D eigenvalue weighted by molar-refractivity contribution is -0.139. The van der Waals surface area contributed by atoms with Crippen molar-refractivity contribution < 1.29 is 14.7 Å². The molecule has 4 N–H and O–H groups in total. The molecule has 0 radical (unpaired) electrons. The Morgan fingerprint density at radius 1 is 1.08 bits per heavy atom. The number of hydrogen-bond acceptors (Lipinski definition) is 4. The Bertz CT molecular complexity index is 832. The Hall–Kier alpha value is -2.70. The van der Waals surface area contributed by atoms with Crippen LogP contribution in [0.1, 0.15) is 27.4 Å². The van der Waals surface area contributed by atoms with Crippen LogP contribution in [-0.4, -0.2) is 36.1 Å². The van der Waals surface area contributed by atoms with Gasteiger partial charge in [-0.25, -0.2) is 5.43 Å². The Morgan fingerprint density at radius 2 is 1.84 bits per heavy atom. The number of benzene rings is 2. The fourth-order valence-electron chi connectivity index (χ4n) is 3.57. The first-order chi connectivity index (χ1) is 12.1. The molecule has 128 valence electrons. The number of carbonyl (C=O) groups is 2. The highest BCUT2D eigenvalue weighted by Crippen LogP contribution is 2.28. The van der Waals surface area contributed by atoms with Crippen molar-refractivity contribution in [1.29, 1.82) is 0 Å². The topological polar surface area (TPSA) is 90.5 Å². The number of hydrazine groups is 1. The average molecular weight is 337 g/mol. The summed E-state index contributed by atoms with van der Waals surface area (Å²) in [5, 5.41) is 12.1. The maximum absolute atomic E-state index is 11.8. The lowest BCUT2D eigenvalue weighted by atomic mass is 9.90. The zero-order valence-corrected chi connectivity index (χ0v) is 13.6. The van der Waals surface area contributed by atoms with Crippen molar-refractivity contribution in [3.63, 3.8) is 0 Å². The number of nitrogens with one attached hydrogen (secondary N) is 3. The summed E-state index contributed by atoms with van der Waals surface area (Å²) in [7, 11) is 0. The van der Waals surface area contributed by atoms with Gasteiger partial charge < -0.3 is 10.4 Å². The second-order valence-electron chi connectivity index (χ2n) is 6.45. The van der Waals surface area contributed by atoms with Gasteiger partial charge in [0.1, 0.15) is 6.04 Å². The first-order valence-corrected chi connectivity index (χ1v) is 8.36. The van der Waals surface area contributed by atoms with Crippen LogP contribution >= 0.6 is 0 Å². The number of carboxylic acids is 1. The van der Waals surface area contributed by atoms with E-state index in [-0.39, 0.29) is 11.8 Å². The molecule has 0 aromatic heterocycles. The number of aliphatic carboxylic acids is 1. The van der Waals surface area contributed by atoms with E-state index in [0.717, 1.165) is 34.2 Å². The molecule has 0 spiro atoms. The van der Waals surface area contributed by atoms with Crippen molar-refractivity contribution in [3.05, 3.63) is 59.2 Å². The quantitative estimate of drug-likeness (QED) is 0.677. The highest BCUT2D eigenvalue weighted by molar-refractivity contribution is 5.97. The molecule has 2 unspecified atom stereocenters. The number of carbonyl (C=O) groups excluding carboxylic acids is 1. The molecule has 25 heavy (non-hydrogen) atoms. The minimum atomic E-state index is -0.855. The summed E-state index contributed by atoms with van der Waals surface area (Å²) in [4.78, 5) is 23.1. The predicted molar refractivity (Wildman–Crippen MR) is 93.2 cm³/mol. The van der Waals surface area contributed by atoms with Crippen LogP contribution in [0.25, 0.3) is 11.1 Å². The third kappa shape index (κ3) is 2.90. The van der Waals surface area contributed by atoms with Crippen molar-refractivity contribution in [2.24, 2.45) is 0 Å². The second kappa shape index (κ2) is 6.31. The Morgan fingerprint density at radius 3 is 2.60 bits per heavy atom. The fraction of sp³-hybridized carbons (Fsp3) is 0.263. The molecular formula is C19H19N3O3. The minimum Gasteiger partial charge on any atom is -0.480 e. The van der Waals surface area contributed by atoms with Crippen molar-refractivity contribution >= 4 is 11.9 Å². The zero-order valence-electron chi connectivity index (χ0n) is 13.6. The normalized spacial score (nSPS) is 22.3. The van der Waals surface area contributed by atoms with Crippen LogP contribution in [0.15, 0.2) is 42.5 Å². The average Bonchev–Trinajstić information content (AvgIpc) is 3.12. The summed E-state index contributed by atoms with van der Waals surface area (Å²) in [6.07, 6.45) is 0.840. The number of hydrogen-bond donors (Lipinski definition) is 4. The van der Waals surface area contributed by atoms with Gasteiger partial charge in [-0.2, -0.15) is 0 Å². The van der Waals surface area contributed by atoms with Crippen LogP contribution < -0.4 is 16.2 Å². The van der Waals surface area contributed by atoms with Crippen LogP contribution in [0, 0.1) is 0 Å². The zero-order chi connectivity index (χ0) is 17.4. The molecule has 6 heteroatoms. The van der Waals surface area contributed by atoms with Crippen molar-refractivity contribution in [2.75, 3.05) is 13.1 Å². The lowest BCUT2D eigenvalue weighted by Gasteiger charge is -2.18. The largest absolute Gasteiger partial charge is 0.480 e. The van der Waals surface area contributed by atoms with Gasteiger partial charge in [0.25, 0.3) is 5.91 Å². The summed E-state index contributed by atoms with van der Waals surface area (Å²) in [6, 6.07) is 13.3. The van der Waals surface area contributed by atoms with Crippen LogP contribution in [0.4, 0.5) is 0 Å². The summed E-state index contributed by atoms with van der Waals surface area (Å²) in [6.45, 7) is 1.26. The summed E-state index contributed by atoms with van der Waals surface area (Å²) < 4.78 is 0. The molecule has 2 aliphatic heterocycles. The Kier molecular flexibility index (Phi) is 3.99. The van der Waals surface area contributed by atoms with Gasteiger partial charge in [0, 0.05) is 24.6 Å². The van der Waals surface area contributed by atoms with Crippen molar-refractivity contribution in [1.82, 2.24) is 16.2 Å². The first kappa shape index (κ1) is 15.8. The molecule has 0 bridgehead atoms. The molecule has 2 aromatic carbocycles. The van der Waals surface area contributed by atoms with Crippen molar-refractivity contribution in [2.45, 2.75) is 18.4 Å². The Balaban J connectivity index is 1.60. The monoisotopic (exact) mass is 337 g/mol. The van der Waals surface area contributed by atoms with E-state index in [1.807, 2.05) is 36.4 Å². The maximum atomic E-state index is 11.8. The number of fused-ring (bicyclic) bond motifs is 1. The smallest absolute Gasteiger partial charge is 0.322 e. The highest BCUT2D eigenvalue weighted by atomic mass is 16.4. The van der Waals surface area contributed by atoms with Gasteiger partial charge in [0.2, 0.25) is 0 Å². The molecule has 0 saturated carbocycles. The van der Waals surface area contributed by atoms with E-state index in [1.165, 1.54) is 0 Å². The van der Waals surface area contributed by atoms with E-state index < -0.39 is 12.0 Å². The third-order valence-electron chi connectivity index (χ3n) is 4.95. The first-order valence-electron chi connectivity index (χ1n) is 8.36. The molecule has 6 nitrogen and oxygen atoms in total. The predicted octanol–water partition coefficient (Wildman–Crippen LogP) is 1.28.